The van der Waals surface area contributed by atoms with Gasteiger partial charge in [-0.3, -0.25) is 4.79 Å². The summed E-state index contributed by atoms with van der Waals surface area (Å²) in [5, 5.41) is 3.31. The van der Waals surface area contributed by atoms with E-state index < -0.39 is 6.61 Å². The van der Waals surface area contributed by atoms with Crippen molar-refractivity contribution in [2.24, 2.45) is 0 Å². The van der Waals surface area contributed by atoms with Crippen LogP contribution in [0.4, 0.5) is 8.78 Å². The number of amides is 1. The van der Waals surface area contributed by atoms with Crippen molar-refractivity contribution >= 4 is 17.7 Å². The van der Waals surface area contributed by atoms with E-state index in [4.69, 9.17) is 4.74 Å². The lowest BCUT2D eigenvalue weighted by Gasteiger charge is -2.12. The second-order valence-electron chi connectivity index (χ2n) is 6.06. The second-order valence-corrected chi connectivity index (χ2v) is 7.71. The van der Waals surface area contributed by atoms with Crippen molar-refractivity contribution < 1.29 is 23.0 Å². The number of alkyl halides is 2. The van der Waals surface area contributed by atoms with Crippen molar-refractivity contribution in [3.8, 4) is 11.5 Å². The normalized spacial score (nSPS) is 10.9. The fraction of sp³-hybridized carbons (Fsp3) is 0.350. The lowest BCUT2D eigenvalue weighted by Crippen LogP contribution is -2.25. The van der Waals surface area contributed by atoms with E-state index in [1.165, 1.54) is 13.2 Å². The Kier molecular flexibility index (Phi) is 7.91. The van der Waals surface area contributed by atoms with E-state index in [0.717, 1.165) is 10.5 Å². The molecule has 0 radical (unpaired) electrons. The summed E-state index contributed by atoms with van der Waals surface area (Å²) in [6.07, 6.45) is 0.483. The van der Waals surface area contributed by atoms with E-state index in [0.29, 0.717) is 23.8 Å². The van der Waals surface area contributed by atoms with Crippen LogP contribution >= 0.6 is 11.8 Å². The third-order valence-electron chi connectivity index (χ3n) is 3.63. The molecule has 0 aliphatic heterocycles. The number of methoxy groups -OCH3 is 1. The molecule has 1 N–H and O–H groups in total. The van der Waals surface area contributed by atoms with Gasteiger partial charge in [-0.25, -0.2) is 0 Å². The number of carbonyl (C=O) groups is 1. The number of ether oxygens (including phenoxy) is 2. The van der Waals surface area contributed by atoms with Gasteiger partial charge in [0.1, 0.15) is 0 Å². The Labute approximate surface area is 162 Å². The Bertz CT molecular complexity index is 751. The van der Waals surface area contributed by atoms with Crippen molar-refractivity contribution in [2.75, 3.05) is 13.7 Å². The van der Waals surface area contributed by atoms with Gasteiger partial charge >= 0.3 is 6.61 Å². The van der Waals surface area contributed by atoms with E-state index in [1.807, 2.05) is 12.1 Å². The van der Waals surface area contributed by atoms with Gasteiger partial charge in [0.15, 0.2) is 11.5 Å². The molecule has 27 heavy (non-hydrogen) atoms. The quantitative estimate of drug-likeness (QED) is 0.622. The van der Waals surface area contributed by atoms with Gasteiger partial charge in [-0.2, -0.15) is 8.78 Å². The number of rotatable bonds is 9. The molecule has 0 unspecified atom stereocenters. The molecule has 146 valence electrons. The first-order chi connectivity index (χ1) is 12.9. The first-order valence-electron chi connectivity index (χ1n) is 8.55. The largest absolute Gasteiger partial charge is 0.493 e. The summed E-state index contributed by atoms with van der Waals surface area (Å²) in [5.74, 6) is 0.0469. The first kappa shape index (κ1) is 21.0. The lowest BCUT2D eigenvalue weighted by molar-refractivity contribution is -0.0512. The zero-order valence-electron chi connectivity index (χ0n) is 15.5. The number of carbonyl (C=O) groups excluding carboxylic acids is 1. The number of hydrogen-bond acceptors (Lipinski definition) is 4. The van der Waals surface area contributed by atoms with Crippen LogP contribution in [0, 0.1) is 0 Å². The number of nitrogens with one attached hydrogen (secondary N) is 1. The summed E-state index contributed by atoms with van der Waals surface area (Å²) in [4.78, 5) is 13.3. The summed E-state index contributed by atoms with van der Waals surface area (Å²) < 4.78 is 34.4. The molecular formula is C20H23F2NO3S. The Morgan fingerprint density at radius 3 is 2.41 bits per heavy atom. The monoisotopic (exact) mass is 395 g/mol. The van der Waals surface area contributed by atoms with E-state index in [2.05, 4.69) is 23.9 Å². The number of halogens is 2. The highest BCUT2D eigenvalue weighted by Crippen LogP contribution is 2.29. The lowest BCUT2D eigenvalue weighted by atomic mass is 10.1. The molecule has 0 aliphatic rings. The van der Waals surface area contributed by atoms with Gasteiger partial charge in [0, 0.05) is 22.3 Å². The van der Waals surface area contributed by atoms with Crippen LogP contribution in [0.15, 0.2) is 47.4 Å². The molecule has 0 saturated carbocycles. The molecule has 2 aromatic rings. The highest BCUT2D eigenvalue weighted by molar-refractivity contribution is 7.99. The smallest absolute Gasteiger partial charge is 0.387 e. The molecule has 2 aromatic carbocycles. The molecular weight excluding hydrogens is 372 g/mol. The Morgan fingerprint density at radius 1 is 1.11 bits per heavy atom. The third-order valence-corrected chi connectivity index (χ3v) is 4.65. The van der Waals surface area contributed by atoms with Crippen molar-refractivity contribution in [1.82, 2.24) is 5.32 Å². The van der Waals surface area contributed by atoms with Crippen LogP contribution in [-0.4, -0.2) is 31.4 Å². The average Bonchev–Trinajstić information content (AvgIpc) is 2.61. The maximum Gasteiger partial charge on any atom is 0.387 e. The van der Waals surface area contributed by atoms with Crippen molar-refractivity contribution in [3.63, 3.8) is 0 Å². The van der Waals surface area contributed by atoms with Crippen molar-refractivity contribution in [3.05, 3.63) is 53.6 Å². The highest BCUT2D eigenvalue weighted by atomic mass is 32.2. The molecule has 0 aromatic heterocycles. The fourth-order valence-electron chi connectivity index (χ4n) is 2.44. The number of hydrogen-bond donors (Lipinski definition) is 1. The van der Waals surface area contributed by atoms with Crippen LogP contribution in [0.5, 0.6) is 11.5 Å². The summed E-state index contributed by atoms with van der Waals surface area (Å²) >= 11 is 1.74. The SMILES string of the molecule is COc1ccc(CCNC(=O)c2ccc(SC(C)C)cc2)cc1OC(F)F. The Balaban J connectivity index is 1.90. The standard InChI is InChI=1S/C20H23F2NO3S/c1-13(2)27-16-7-5-15(6-8-16)19(24)23-11-10-14-4-9-17(25-3)18(12-14)26-20(21)22/h4-9,12-13,20H,10-11H2,1-3H3,(H,23,24). The van der Waals surface area contributed by atoms with E-state index >= 15 is 0 Å². The first-order valence-corrected chi connectivity index (χ1v) is 9.43. The van der Waals surface area contributed by atoms with Crippen molar-refractivity contribution in [1.29, 1.82) is 0 Å². The zero-order valence-corrected chi connectivity index (χ0v) is 16.3. The fourth-order valence-corrected chi connectivity index (χ4v) is 3.28. The van der Waals surface area contributed by atoms with E-state index in [-0.39, 0.29) is 17.4 Å². The minimum absolute atomic E-state index is 0.0189. The van der Waals surface area contributed by atoms with Crippen molar-refractivity contribution in [2.45, 2.75) is 37.0 Å². The molecule has 0 fully saturated rings. The topological polar surface area (TPSA) is 47.6 Å². The average molecular weight is 395 g/mol. The zero-order chi connectivity index (χ0) is 19.8. The van der Waals surface area contributed by atoms with Gasteiger partial charge < -0.3 is 14.8 Å². The van der Waals surface area contributed by atoms with Crippen LogP contribution in [0.25, 0.3) is 0 Å². The predicted octanol–water partition coefficient (Wildman–Crippen LogP) is 4.77. The van der Waals surface area contributed by atoms with E-state index in [9.17, 15) is 13.6 Å². The minimum atomic E-state index is -2.93. The van der Waals surface area contributed by atoms with Gasteiger partial charge in [-0.15, -0.1) is 11.8 Å². The van der Waals surface area contributed by atoms with Gasteiger partial charge in [-0.1, -0.05) is 19.9 Å². The summed E-state index contributed by atoms with van der Waals surface area (Å²) in [5.41, 5.74) is 1.34. The molecule has 0 bridgehead atoms. The van der Waals surface area contributed by atoms with Gasteiger partial charge in [0.05, 0.1) is 7.11 Å². The third kappa shape index (κ3) is 6.75. The molecule has 7 heteroatoms. The molecule has 0 spiro atoms. The van der Waals surface area contributed by atoms with Crippen LogP contribution in [0.2, 0.25) is 0 Å². The Morgan fingerprint density at radius 2 is 1.81 bits per heavy atom. The van der Waals surface area contributed by atoms with Crippen LogP contribution < -0.4 is 14.8 Å². The summed E-state index contributed by atoms with van der Waals surface area (Å²) in [6.45, 7) is 1.68. The minimum Gasteiger partial charge on any atom is -0.493 e. The van der Waals surface area contributed by atoms with E-state index in [1.54, 1.807) is 36.0 Å². The molecule has 0 heterocycles. The van der Waals surface area contributed by atoms with Crippen LogP contribution in [0.1, 0.15) is 29.8 Å². The Hall–Kier alpha value is -2.28. The summed E-state index contributed by atoms with van der Waals surface area (Å²) in [6, 6.07) is 12.3. The molecule has 0 saturated heterocycles. The molecule has 1 amide bonds. The second kappa shape index (κ2) is 10.2. The summed E-state index contributed by atoms with van der Waals surface area (Å²) in [7, 11) is 1.39. The van der Waals surface area contributed by atoms with Gasteiger partial charge in [0.25, 0.3) is 5.91 Å². The maximum absolute atomic E-state index is 12.5. The molecule has 2 rings (SSSR count). The van der Waals surface area contributed by atoms with Crippen LogP contribution in [-0.2, 0) is 6.42 Å². The highest BCUT2D eigenvalue weighted by Gasteiger charge is 2.12. The van der Waals surface area contributed by atoms with Gasteiger partial charge in [-0.05, 0) is 48.4 Å². The molecule has 0 aliphatic carbocycles. The number of thioether (sulfide) groups is 1. The maximum atomic E-state index is 12.5. The molecule has 4 nitrogen and oxygen atoms in total. The molecule has 0 atom stereocenters. The van der Waals surface area contributed by atoms with Crippen LogP contribution in [0.3, 0.4) is 0 Å². The number of benzene rings is 2. The van der Waals surface area contributed by atoms with Gasteiger partial charge in [0.2, 0.25) is 0 Å². The predicted molar refractivity (Wildman–Crippen MR) is 103 cm³/mol.